The Kier molecular flexibility index (Phi) is 7.07. The summed E-state index contributed by atoms with van der Waals surface area (Å²) in [5.74, 6) is 0.857. The van der Waals surface area contributed by atoms with Crippen molar-refractivity contribution in [3.63, 3.8) is 0 Å². The number of alkyl halides is 1. The zero-order valence-electron chi connectivity index (χ0n) is 9.99. The highest BCUT2D eigenvalue weighted by Crippen LogP contribution is 2.17. The molecular weight excluding hydrogens is 220 g/mol. The smallest absolute Gasteiger partial charge is 0.172 e. The number of ether oxygens (including phenoxy) is 1. The van der Waals surface area contributed by atoms with Crippen molar-refractivity contribution >= 4 is 11.6 Å². The molecule has 0 fully saturated rings. The number of rotatable bonds is 8. The molecule has 1 aromatic carbocycles. The summed E-state index contributed by atoms with van der Waals surface area (Å²) in [5, 5.41) is 0. The van der Waals surface area contributed by atoms with Gasteiger partial charge in [0.25, 0.3) is 0 Å². The first kappa shape index (κ1) is 13.4. The third kappa shape index (κ3) is 6.02. The average Bonchev–Trinajstić information content (AvgIpc) is 2.30. The van der Waals surface area contributed by atoms with Crippen molar-refractivity contribution in [2.75, 3.05) is 0 Å². The number of para-hydroxylation sites is 1. The Morgan fingerprint density at radius 3 is 2.44 bits per heavy atom. The minimum atomic E-state index is -0.191. The molecule has 0 saturated heterocycles. The highest BCUT2D eigenvalue weighted by molar-refractivity contribution is 6.19. The maximum atomic E-state index is 6.11. The highest BCUT2D eigenvalue weighted by atomic mass is 35.5. The lowest BCUT2D eigenvalue weighted by Gasteiger charge is -2.12. The average molecular weight is 241 g/mol. The number of hydrogen-bond acceptors (Lipinski definition) is 1. The summed E-state index contributed by atoms with van der Waals surface area (Å²) in [6.07, 6.45) is 7.26. The first-order valence-electron chi connectivity index (χ1n) is 6.18. The van der Waals surface area contributed by atoms with Gasteiger partial charge in [0, 0.05) is 0 Å². The molecule has 90 valence electrons. The van der Waals surface area contributed by atoms with Crippen LogP contribution in [0.15, 0.2) is 30.3 Å². The fourth-order valence-electron chi connectivity index (χ4n) is 1.61. The minimum absolute atomic E-state index is 0.191. The van der Waals surface area contributed by atoms with Crippen LogP contribution in [0.2, 0.25) is 0 Å². The monoisotopic (exact) mass is 240 g/mol. The fourth-order valence-corrected chi connectivity index (χ4v) is 1.87. The lowest BCUT2D eigenvalue weighted by atomic mass is 10.1. The van der Waals surface area contributed by atoms with E-state index in [1.165, 1.54) is 25.7 Å². The standard InChI is InChI=1S/C14H21ClO/c1-2-3-4-5-9-12-14(15)16-13-10-7-6-8-11-13/h6-8,10-11,14H,2-5,9,12H2,1H3. The van der Waals surface area contributed by atoms with Gasteiger partial charge < -0.3 is 4.74 Å². The van der Waals surface area contributed by atoms with E-state index in [0.29, 0.717) is 0 Å². The molecule has 0 aromatic heterocycles. The topological polar surface area (TPSA) is 9.23 Å². The summed E-state index contributed by atoms with van der Waals surface area (Å²) >= 11 is 6.11. The molecule has 0 aliphatic rings. The SMILES string of the molecule is CCCCCCCC(Cl)Oc1ccccc1. The zero-order valence-corrected chi connectivity index (χ0v) is 10.7. The van der Waals surface area contributed by atoms with E-state index >= 15 is 0 Å². The summed E-state index contributed by atoms with van der Waals surface area (Å²) in [6.45, 7) is 2.23. The van der Waals surface area contributed by atoms with E-state index in [0.717, 1.165) is 18.6 Å². The number of unbranched alkanes of at least 4 members (excludes halogenated alkanes) is 4. The summed E-state index contributed by atoms with van der Waals surface area (Å²) in [5.41, 5.74) is -0.191. The predicted molar refractivity (Wildman–Crippen MR) is 70.1 cm³/mol. The molecule has 0 spiro atoms. The third-order valence-electron chi connectivity index (χ3n) is 2.54. The molecule has 0 heterocycles. The molecule has 1 nitrogen and oxygen atoms in total. The first-order valence-corrected chi connectivity index (χ1v) is 6.62. The minimum Gasteiger partial charge on any atom is -0.475 e. The number of halogens is 1. The van der Waals surface area contributed by atoms with Gasteiger partial charge in [0.05, 0.1) is 0 Å². The van der Waals surface area contributed by atoms with E-state index < -0.39 is 0 Å². The van der Waals surface area contributed by atoms with E-state index in [1.807, 2.05) is 30.3 Å². The molecule has 2 heteroatoms. The Morgan fingerprint density at radius 1 is 1.06 bits per heavy atom. The van der Waals surface area contributed by atoms with Crippen molar-refractivity contribution in [2.45, 2.75) is 51.0 Å². The van der Waals surface area contributed by atoms with Crippen LogP contribution in [0.25, 0.3) is 0 Å². The molecule has 1 rings (SSSR count). The second kappa shape index (κ2) is 8.46. The lowest BCUT2D eigenvalue weighted by Crippen LogP contribution is -2.08. The molecule has 0 saturated carbocycles. The summed E-state index contributed by atoms with van der Waals surface area (Å²) in [6, 6.07) is 9.76. The normalized spacial score (nSPS) is 12.4. The van der Waals surface area contributed by atoms with Gasteiger partial charge in [-0.1, -0.05) is 62.4 Å². The van der Waals surface area contributed by atoms with E-state index in [4.69, 9.17) is 16.3 Å². The summed E-state index contributed by atoms with van der Waals surface area (Å²) in [4.78, 5) is 0. The van der Waals surface area contributed by atoms with Crippen LogP contribution in [0.1, 0.15) is 45.4 Å². The molecule has 0 amide bonds. The molecule has 0 aliphatic heterocycles. The van der Waals surface area contributed by atoms with Gasteiger partial charge in [0.1, 0.15) is 5.75 Å². The first-order chi connectivity index (χ1) is 7.83. The Labute approximate surface area is 104 Å². The van der Waals surface area contributed by atoms with Gasteiger partial charge >= 0.3 is 0 Å². The van der Waals surface area contributed by atoms with Crippen LogP contribution < -0.4 is 4.74 Å². The van der Waals surface area contributed by atoms with Gasteiger partial charge in [0.2, 0.25) is 0 Å². The van der Waals surface area contributed by atoms with Crippen LogP contribution in [-0.4, -0.2) is 5.56 Å². The van der Waals surface area contributed by atoms with Crippen molar-refractivity contribution in [1.82, 2.24) is 0 Å². The predicted octanol–water partition coefficient (Wildman–Crippen LogP) is 4.99. The second-order valence-electron chi connectivity index (χ2n) is 4.04. The number of hydrogen-bond donors (Lipinski definition) is 0. The van der Waals surface area contributed by atoms with Crippen LogP contribution in [0.4, 0.5) is 0 Å². The van der Waals surface area contributed by atoms with Crippen LogP contribution in [0.5, 0.6) is 5.75 Å². The quantitative estimate of drug-likeness (QED) is 0.459. The van der Waals surface area contributed by atoms with Crippen molar-refractivity contribution in [3.05, 3.63) is 30.3 Å². The maximum absolute atomic E-state index is 6.11. The van der Waals surface area contributed by atoms with Crippen molar-refractivity contribution < 1.29 is 4.74 Å². The Bertz CT molecular complexity index is 261. The van der Waals surface area contributed by atoms with Gasteiger partial charge in [-0.3, -0.25) is 0 Å². The van der Waals surface area contributed by atoms with E-state index in [1.54, 1.807) is 0 Å². The van der Waals surface area contributed by atoms with E-state index in [2.05, 4.69) is 6.92 Å². The summed E-state index contributed by atoms with van der Waals surface area (Å²) < 4.78 is 5.59. The lowest BCUT2D eigenvalue weighted by molar-refractivity contribution is 0.264. The number of benzene rings is 1. The molecular formula is C14H21ClO. The third-order valence-corrected chi connectivity index (χ3v) is 2.85. The highest BCUT2D eigenvalue weighted by Gasteiger charge is 2.05. The Balaban J connectivity index is 2.09. The molecule has 1 unspecified atom stereocenters. The van der Waals surface area contributed by atoms with Gasteiger partial charge in [-0.05, 0) is 25.0 Å². The van der Waals surface area contributed by atoms with Crippen LogP contribution in [0.3, 0.4) is 0 Å². The van der Waals surface area contributed by atoms with Gasteiger partial charge in [-0.15, -0.1) is 0 Å². The van der Waals surface area contributed by atoms with Gasteiger partial charge in [-0.25, -0.2) is 0 Å². The molecule has 16 heavy (non-hydrogen) atoms. The molecule has 0 aliphatic carbocycles. The molecule has 0 radical (unpaired) electrons. The van der Waals surface area contributed by atoms with E-state index in [9.17, 15) is 0 Å². The van der Waals surface area contributed by atoms with Crippen molar-refractivity contribution in [2.24, 2.45) is 0 Å². The van der Waals surface area contributed by atoms with Crippen molar-refractivity contribution in [1.29, 1.82) is 0 Å². The van der Waals surface area contributed by atoms with Gasteiger partial charge in [0.15, 0.2) is 5.56 Å². The van der Waals surface area contributed by atoms with Crippen LogP contribution in [0, 0.1) is 0 Å². The van der Waals surface area contributed by atoms with Gasteiger partial charge in [-0.2, -0.15) is 0 Å². The fraction of sp³-hybridized carbons (Fsp3) is 0.571. The van der Waals surface area contributed by atoms with Crippen molar-refractivity contribution in [3.8, 4) is 5.75 Å². The van der Waals surface area contributed by atoms with Crippen LogP contribution >= 0.6 is 11.6 Å². The van der Waals surface area contributed by atoms with E-state index in [-0.39, 0.29) is 5.56 Å². The molecule has 0 N–H and O–H groups in total. The largest absolute Gasteiger partial charge is 0.475 e. The Morgan fingerprint density at radius 2 is 1.75 bits per heavy atom. The van der Waals surface area contributed by atoms with Crippen LogP contribution in [-0.2, 0) is 0 Å². The second-order valence-corrected chi connectivity index (χ2v) is 4.53. The summed E-state index contributed by atoms with van der Waals surface area (Å²) in [7, 11) is 0. The Hall–Kier alpha value is -0.690. The molecule has 1 atom stereocenters. The maximum Gasteiger partial charge on any atom is 0.172 e. The molecule has 0 bridgehead atoms. The zero-order chi connectivity index (χ0) is 11.6. The molecule has 1 aromatic rings.